The molecule has 128 valence electrons. The van der Waals surface area contributed by atoms with Crippen molar-refractivity contribution in [2.45, 2.75) is 20.0 Å². The lowest BCUT2D eigenvalue weighted by atomic mass is 10.1. The van der Waals surface area contributed by atoms with Crippen molar-refractivity contribution in [2.75, 3.05) is 6.61 Å². The highest BCUT2D eigenvalue weighted by Gasteiger charge is 2.20. The Hall–Kier alpha value is -3.08. The van der Waals surface area contributed by atoms with E-state index in [9.17, 15) is 9.59 Å². The van der Waals surface area contributed by atoms with Crippen LogP contribution in [0.1, 0.15) is 34.6 Å². The Labute approximate surface area is 145 Å². The van der Waals surface area contributed by atoms with Crippen molar-refractivity contribution in [1.29, 1.82) is 0 Å². The van der Waals surface area contributed by atoms with Gasteiger partial charge in [-0.15, -0.1) is 0 Å². The van der Waals surface area contributed by atoms with Crippen LogP contribution in [0.3, 0.4) is 0 Å². The van der Waals surface area contributed by atoms with Crippen molar-refractivity contribution >= 4 is 22.7 Å². The summed E-state index contributed by atoms with van der Waals surface area (Å²) in [7, 11) is 0. The van der Waals surface area contributed by atoms with Gasteiger partial charge in [0, 0.05) is 22.7 Å². The number of fused-ring (bicyclic) bond motifs is 1. The van der Waals surface area contributed by atoms with Crippen LogP contribution < -0.4 is 4.74 Å². The van der Waals surface area contributed by atoms with Gasteiger partial charge in [-0.3, -0.25) is 4.79 Å². The molecule has 0 saturated heterocycles. The molecule has 5 heteroatoms. The zero-order valence-corrected chi connectivity index (χ0v) is 14.1. The number of ether oxygens (including phenoxy) is 2. The number of rotatable bonds is 6. The van der Waals surface area contributed by atoms with Crippen LogP contribution >= 0.6 is 0 Å². The molecule has 1 aromatic heterocycles. The first-order valence-electron chi connectivity index (χ1n) is 8.14. The predicted octanol–water partition coefficient (Wildman–Crippen LogP) is 3.99. The summed E-state index contributed by atoms with van der Waals surface area (Å²) in [5.41, 5.74) is 1.89. The van der Waals surface area contributed by atoms with Crippen molar-refractivity contribution < 1.29 is 19.1 Å². The second-order valence-corrected chi connectivity index (χ2v) is 5.62. The van der Waals surface area contributed by atoms with Crippen LogP contribution in [0.2, 0.25) is 0 Å². The lowest BCUT2D eigenvalue weighted by molar-refractivity contribution is 0.0525. The summed E-state index contributed by atoms with van der Waals surface area (Å²) in [6.45, 7) is 3.75. The van der Waals surface area contributed by atoms with Gasteiger partial charge in [-0.1, -0.05) is 24.3 Å². The Balaban J connectivity index is 1.78. The van der Waals surface area contributed by atoms with Gasteiger partial charge in [-0.2, -0.15) is 0 Å². The molecule has 0 bridgehead atoms. The first-order chi connectivity index (χ1) is 12.1. The summed E-state index contributed by atoms with van der Waals surface area (Å²) in [6, 6.07) is 14.3. The number of carbonyl (C=O) groups excluding carboxylic acids is 2. The maximum absolute atomic E-state index is 12.7. The van der Waals surface area contributed by atoms with Crippen LogP contribution in [-0.2, 0) is 4.74 Å². The molecule has 2 aromatic carbocycles. The van der Waals surface area contributed by atoms with E-state index in [1.54, 1.807) is 44.3 Å². The first-order valence-corrected chi connectivity index (χ1v) is 8.14. The molecule has 1 heterocycles. The summed E-state index contributed by atoms with van der Waals surface area (Å²) >= 11 is 0. The lowest BCUT2D eigenvalue weighted by Crippen LogP contribution is -2.23. The number of hydrogen-bond donors (Lipinski definition) is 1. The van der Waals surface area contributed by atoms with Gasteiger partial charge in [0.25, 0.3) is 0 Å². The van der Waals surface area contributed by atoms with Crippen molar-refractivity contribution in [3.8, 4) is 5.75 Å². The second kappa shape index (κ2) is 7.21. The van der Waals surface area contributed by atoms with E-state index in [-0.39, 0.29) is 5.78 Å². The normalized spacial score (nSPS) is 11.9. The number of nitrogens with one attached hydrogen (secondary N) is 1. The minimum absolute atomic E-state index is 0.126. The van der Waals surface area contributed by atoms with Crippen molar-refractivity contribution in [2.24, 2.45) is 0 Å². The number of esters is 1. The largest absolute Gasteiger partial charge is 0.483 e. The highest BCUT2D eigenvalue weighted by molar-refractivity contribution is 6.09. The molecule has 0 aliphatic heterocycles. The van der Waals surface area contributed by atoms with E-state index in [0.29, 0.717) is 23.5 Å². The number of carbonyl (C=O) groups is 2. The Bertz CT molecular complexity index is 913. The number of ketones is 1. The number of aromatic nitrogens is 1. The second-order valence-electron chi connectivity index (χ2n) is 5.62. The van der Waals surface area contributed by atoms with Crippen LogP contribution in [0.5, 0.6) is 5.75 Å². The summed E-state index contributed by atoms with van der Waals surface area (Å²) < 4.78 is 10.7. The fourth-order valence-corrected chi connectivity index (χ4v) is 2.66. The van der Waals surface area contributed by atoms with Crippen molar-refractivity contribution in [3.05, 3.63) is 65.9 Å². The minimum Gasteiger partial charge on any atom is -0.483 e. The molecule has 0 unspecified atom stereocenters. The molecule has 0 fully saturated rings. The molecular weight excluding hydrogens is 318 g/mol. The van der Waals surface area contributed by atoms with Crippen LogP contribution in [0.15, 0.2) is 54.7 Å². The van der Waals surface area contributed by atoms with Crippen LogP contribution in [0.25, 0.3) is 10.9 Å². The summed E-state index contributed by atoms with van der Waals surface area (Å²) in [6.07, 6.45) is 1.01. The van der Waals surface area contributed by atoms with Gasteiger partial charge in [0.1, 0.15) is 5.75 Å². The van der Waals surface area contributed by atoms with E-state index in [1.807, 2.05) is 24.3 Å². The highest BCUT2D eigenvalue weighted by Crippen LogP contribution is 2.22. The Kier molecular flexibility index (Phi) is 4.84. The molecule has 1 atom stereocenters. The average molecular weight is 337 g/mol. The number of H-pyrrole nitrogens is 1. The topological polar surface area (TPSA) is 68.4 Å². The molecule has 3 aromatic rings. The molecule has 0 aliphatic rings. The summed E-state index contributed by atoms with van der Waals surface area (Å²) in [4.78, 5) is 27.6. The molecule has 25 heavy (non-hydrogen) atoms. The quantitative estimate of drug-likeness (QED) is 0.545. The van der Waals surface area contributed by atoms with Gasteiger partial charge in [0.05, 0.1) is 12.2 Å². The van der Waals surface area contributed by atoms with E-state index < -0.39 is 12.1 Å². The van der Waals surface area contributed by atoms with Crippen LogP contribution in [0.4, 0.5) is 0 Å². The van der Waals surface area contributed by atoms with Gasteiger partial charge in [0.15, 0.2) is 6.10 Å². The highest BCUT2D eigenvalue weighted by atomic mass is 16.5. The zero-order valence-electron chi connectivity index (χ0n) is 14.1. The van der Waals surface area contributed by atoms with Gasteiger partial charge in [-0.05, 0) is 38.1 Å². The Morgan fingerprint density at radius 3 is 2.72 bits per heavy atom. The average Bonchev–Trinajstić information content (AvgIpc) is 3.05. The van der Waals surface area contributed by atoms with E-state index >= 15 is 0 Å². The maximum Gasteiger partial charge on any atom is 0.338 e. The first kappa shape index (κ1) is 16.8. The summed E-state index contributed by atoms with van der Waals surface area (Å²) in [5.74, 6) is -0.0891. The van der Waals surface area contributed by atoms with E-state index in [2.05, 4.69) is 4.98 Å². The maximum atomic E-state index is 12.7. The van der Waals surface area contributed by atoms with Gasteiger partial charge in [-0.25, -0.2) is 4.79 Å². The molecule has 0 spiro atoms. The van der Waals surface area contributed by atoms with Crippen molar-refractivity contribution in [3.63, 3.8) is 0 Å². The van der Waals surface area contributed by atoms with E-state index in [4.69, 9.17) is 9.47 Å². The van der Waals surface area contributed by atoms with Crippen molar-refractivity contribution in [1.82, 2.24) is 4.98 Å². The molecule has 5 nitrogen and oxygen atoms in total. The number of para-hydroxylation sites is 1. The molecule has 0 amide bonds. The SMILES string of the molecule is CCOC(=O)c1cccc(O[C@@H](C)C(=O)c2c[nH]c3ccccc23)c1. The molecular formula is C20H19NO4. The lowest BCUT2D eigenvalue weighted by Gasteiger charge is -2.14. The van der Waals surface area contributed by atoms with Gasteiger partial charge in [0.2, 0.25) is 5.78 Å². The molecule has 0 saturated carbocycles. The van der Waals surface area contributed by atoms with E-state index in [1.165, 1.54) is 0 Å². The number of aromatic amines is 1. The third kappa shape index (κ3) is 3.55. The summed E-state index contributed by atoms with van der Waals surface area (Å²) in [5, 5.41) is 0.864. The van der Waals surface area contributed by atoms with Crippen LogP contribution in [-0.4, -0.2) is 29.4 Å². The Morgan fingerprint density at radius 2 is 1.92 bits per heavy atom. The molecule has 3 rings (SSSR count). The third-order valence-electron chi connectivity index (χ3n) is 3.88. The fraction of sp³-hybridized carbons (Fsp3) is 0.200. The number of benzene rings is 2. The van der Waals surface area contributed by atoms with Crippen LogP contribution in [0, 0.1) is 0 Å². The molecule has 1 N–H and O–H groups in total. The van der Waals surface area contributed by atoms with Gasteiger partial charge < -0.3 is 14.5 Å². The minimum atomic E-state index is -0.684. The Morgan fingerprint density at radius 1 is 1.12 bits per heavy atom. The molecule has 0 radical (unpaired) electrons. The fourth-order valence-electron chi connectivity index (χ4n) is 2.66. The number of Topliss-reactive ketones (excluding diaryl/α,β-unsaturated/α-hetero) is 1. The van der Waals surface area contributed by atoms with E-state index in [0.717, 1.165) is 10.9 Å². The zero-order chi connectivity index (χ0) is 17.8. The monoisotopic (exact) mass is 337 g/mol. The standard InChI is InChI=1S/C20H19NO4/c1-3-24-20(23)14-7-6-8-15(11-14)25-13(2)19(22)17-12-21-18-10-5-4-9-16(17)18/h4-13,21H,3H2,1-2H3/t13-/m0/s1. The third-order valence-corrected chi connectivity index (χ3v) is 3.88. The predicted molar refractivity (Wildman–Crippen MR) is 95.1 cm³/mol. The van der Waals surface area contributed by atoms with Gasteiger partial charge >= 0.3 is 5.97 Å². The smallest absolute Gasteiger partial charge is 0.338 e. The molecule has 0 aliphatic carbocycles. The number of hydrogen-bond acceptors (Lipinski definition) is 4.